The molecule has 94 valence electrons. The lowest BCUT2D eigenvalue weighted by Gasteiger charge is -2.10. The molecule has 2 aromatic rings. The van der Waals surface area contributed by atoms with Gasteiger partial charge in [0, 0.05) is 21.9 Å². The van der Waals surface area contributed by atoms with Crippen LogP contribution in [0.2, 0.25) is 0 Å². The van der Waals surface area contributed by atoms with Gasteiger partial charge in [0.1, 0.15) is 5.82 Å². The first-order chi connectivity index (χ1) is 8.47. The predicted molar refractivity (Wildman–Crippen MR) is 73.1 cm³/mol. The highest BCUT2D eigenvalue weighted by atomic mass is 79.9. The van der Waals surface area contributed by atoms with E-state index in [-0.39, 0.29) is 11.4 Å². The lowest BCUT2D eigenvalue weighted by Crippen LogP contribution is -2.22. The van der Waals surface area contributed by atoms with E-state index in [1.54, 1.807) is 29.8 Å². The molecule has 0 bridgehead atoms. The molecule has 1 aromatic heterocycles. The van der Waals surface area contributed by atoms with E-state index in [0.29, 0.717) is 17.8 Å². The van der Waals surface area contributed by atoms with E-state index in [2.05, 4.69) is 15.9 Å². The number of anilines is 1. The molecule has 0 radical (unpaired) electrons. The molecule has 0 saturated heterocycles. The molecule has 2 rings (SSSR count). The van der Waals surface area contributed by atoms with Crippen molar-refractivity contribution in [3.63, 3.8) is 0 Å². The molecule has 0 aliphatic heterocycles. The van der Waals surface area contributed by atoms with E-state index in [1.807, 2.05) is 0 Å². The smallest absolute Gasteiger partial charge is 0.253 e. The fourth-order valence-electron chi connectivity index (χ4n) is 1.75. The van der Waals surface area contributed by atoms with Crippen LogP contribution in [0.25, 0.3) is 0 Å². The number of aryl methyl sites for hydroxylation is 1. The normalized spacial score (nSPS) is 10.6. The van der Waals surface area contributed by atoms with Crippen LogP contribution >= 0.6 is 15.9 Å². The first-order valence-electron chi connectivity index (χ1n) is 5.38. The molecule has 0 saturated carbocycles. The summed E-state index contributed by atoms with van der Waals surface area (Å²) >= 11 is 3.34. The Balaban J connectivity index is 2.43. The molecule has 18 heavy (non-hydrogen) atoms. The van der Waals surface area contributed by atoms with E-state index in [4.69, 9.17) is 5.73 Å². The number of nitrogens with two attached hydrogens (primary N) is 1. The number of benzene rings is 1. The molecule has 0 amide bonds. The number of halogens is 2. The zero-order valence-corrected chi connectivity index (χ0v) is 11.4. The summed E-state index contributed by atoms with van der Waals surface area (Å²) in [6.07, 6.45) is 1.69. The molecule has 0 unspecified atom stereocenters. The van der Waals surface area contributed by atoms with Crippen LogP contribution < -0.4 is 11.3 Å². The highest BCUT2D eigenvalue weighted by Crippen LogP contribution is 2.15. The van der Waals surface area contributed by atoms with Crippen LogP contribution in [0.15, 0.2) is 39.7 Å². The second-order valence-corrected chi connectivity index (χ2v) is 5.03. The average Bonchev–Trinajstić information content (AvgIpc) is 2.29. The number of nitrogen functional groups attached to an aromatic ring is 1. The SMILES string of the molecule is Cc1cc(Br)cn(Cc2ccc(F)cc2N)c1=O. The third-order valence-corrected chi connectivity index (χ3v) is 3.11. The third kappa shape index (κ3) is 2.61. The molecule has 2 N–H and O–H groups in total. The Morgan fingerprint density at radius 3 is 2.78 bits per heavy atom. The number of hydrogen-bond donors (Lipinski definition) is 1. The first kappa shape index (κ1) is 12.8. The topological polar surface area (TPSA) is 48.0 Å². The van der Waals surface area contributed by atoms with Crippen LogP contribution in [-0.2, 0) is 6.54 Å². The molecular formula is C13H12BrFN2O. The molecule has 0 aliphatic rings. The van der Waals surface area contributed by atoms with Crippen LogP contribution in [0.3, 0.4) is 0 Å². The highest BCUT2D eigenvalue weighted by molar-refractivity contribution is 9.10. The molecule has 1 heterocycles. The highest BCUT2D eigenvalue weighted by Gasteiger charge is 2.06. The summed E-state index contributed by atoms with van der Waals surface area (Å²) in [6.45, 7) is 2.07. The van der Waals surface area contributed by atoms with E-state index >= 15 is 0 Å². The Hall–Kier alpha value is -1.62. The molecule has 5 heteroatoms. The number of rotatable bonds is 2. The minimum absolute atomic E-state index is 0.0816. The second-order valence-electron chi connectivity index (χ2n) is 4.12. The Labute approximate surface area is 112 Å². The quantitative estimate of drug-likeness (QED) is 0.867. The lowest BCUT2D eigenvalue weighted by molar-refractivity contribution is 0.627. The zero-order valence-electron chi connectivity index (χ0n) is 9.78. The van der Waals surface area contributed by atoms with Gasteiger partial charge in [0.25, 0.3) is 5.56 Å². The number of nitrogens with zero attached hydrogens (tertiary/aromatic N) is 1. The minimum Gasteiger partial charge on any atom is -0.398 e. The second kappa shape index (κ2) is 4.94. The van der Waals surface area contributed by atoms with Gasteiger partial charge in [-0.05, 0) is 46.6 Å². The molecule has 0 atom stereocenters. The summed E-state index contributed by atoms with van der Waals surface area (Å²) < 4.78 is 15.3. The molecular weight excluding hydrogens is 299 g/mol. The maximum atomic E-state index is 12.9. The summed E-state index contributed by atoms with van der Waals surface area (Å²) in [5, 5.41) is 0. The zero-order chi connectivity index (χ0) is 13.3. The minimum atomic E-state index is -0.381. The molecule has 0 aliphatic carbocycles. The monoisotopic (exact) mass is 310 g/mol. The van der Waals surface area contributed by atoms with Gasteiger partial charge in [0.15, 0.2) is 0 Å². The van der Waals surface area contributed by atoms with Gasteiger partial charge < -0.3 is 10.3 Å². The Kier molecular flexibility index (Phi) is 3.52. The van der Waals surface area contributed by atoms with E-state index in [0.717, 1.165) is 10.0 Å². The standard InChI is InChI=1S/C13H12BrFN2O/c1-8-4-10(14)7-17(13(8)18)6-9-2-3-11(15)5-12(9)16/h2-5,7H,6,16H2,1H3. The van der Waals surface area contributed by atoms with E-state index in [1.165, 1.54) is 12.1 Å². The summed E-state index contributed by atoms with van der Waals surface area (Å²) in [5.41, 5.74) is 7.36. The summed E-state index contributed by atoms with van der Waals surface area (Å²) in [7, 11) is 0. The average molecular weight is 311 g/mol. The Morgan fingerprint density at radius 1 is 1.39 bits per heavy atom. The van der Waals surface area contributed by atoms with Crippen molar-refractivity contribution in [1.29, 1.82) is 0 Å². The van der Waals surface area contributed by atoms with Gasteiger partial charge in [0.05, 0.1) is 6.54 Å². The van der Waals surface area contributed by atoms with Crippen molar-refractivity contribution in [2.24, 2.45) is 0 Å². The predicted octanol–water partition coefficient (Wildman–Crippen LogP) is 2.69. The van der Waals surface area contributed by atoms with Crippen LogP contribution in [-0.4, -0.2) is 4.57 Å². The Morgan fingerprint density at radius 2 is 2.11 bits per heavy atom. The van der Waals surface area contributed by atoms with Crippen molar-refractivity contribution in [2.75, 3.05) is 5.73 Å². The van der Waals surface area contributed by atoms with Gasteiger partial charge in [-0.3, -0.25) is 4.79 Å². The molecule has 3 nitrogen and oxygen atoms in total. The van der Waals surface area contributed by atoms with Crippen molar-refractivity contribution in [3.8, 4) is 0 Å². The number of pyridine rings is 1. The van der Waals surface area contributed by atoms with Gasteiger partial charge in [-0.25, -0.2) is 4.39 Å². The first-order valence-corrected chi connectivity index (χ1v) is 6.17. The maximum Gasteiger partial charge on any atom is 0.253 e. The van der Waals surface area contributed by atoms with Crippen LogP contribution in [0.1, 0.15) is 11.1 Å². The van der Waals surface area contributed by atoms with Crippen molar-refractivity contribution in [1.82, 2.24) is 4.57 Å². The van der Waals surface area contributed by atoms with Crippen LogP contribution in [0.4, 0.5) is 10.1 Å². The van der Waals surface area contributed by atoms with Crippen LogP contribution in [0.5, 0.6) is 0 Å². The summed E-state index contributed by atoms with van der Waals surface area (Å²) in [6, 6.07) is 5.94. The van der Waals surface area contributed by atoms with Gasteiger partial charge in [-0.15, -0.1) is 0 Å². The van der Waals surface area contributed by atoms with Crippen LogP contribution in [0, 0.1) is 12.7 Å². The van der Waals surface area contributed by atoms with Crippen molar-refractivity contribution < 1.29 is 4.39 Å². The van der Waals surface area contributed by atoms with Gasteiger partial charge in [-0.2, -0.15) is 0 Å². The number of aromatic nitrogens is 1. The largest absolute Gasteiger partial charge is 0.398 e. The van der Waals surface area contributed by atoms with Gasteiger partial charge in [-0.1, -0.05) is 6.07 Å². The Bertz CT molecular complexity index is 652. The third-order valence-electron chi connectivity index (χ3n) is 2.68. The van der Waals surface area contributed by atoms with Crippen molar-refractivity contribution in [3.05, 3.63) is 62.2 Å². The van der Waals surface area contributed by atoms with E-state index in [9.17, 15) is 9.18 Å². The van der Waals surface area contributed by atoms with Crippen molar-refractivity contribution in [2.45, 2.75) is 13.5 Å². The fourth-order valence-corrected chi connectivity index (χ4v) is 2.34. The fraction of sp³-hybridized carbons (Fsp3) is 0.154. The lowest BCUT2D eigenvalue weighted by atomic mass is 10.1. The van der Waals surface area contributed by atoms with Crippen molar-refractivity contribution >= 4 is 21.6 Å². The summed E-state index contributed by atoms with van der Waals surface area (Å²) in [4.78, 5) is 11.9. The number of hydrogen-bond acceptors (Lipinski definition) is 2. The van der Waals surface area contributed by atoms with Gasteiger partial charge >= 0.3 is 0 Å². The summed E-state index contributed by atoms with van der Waals surface area (Å²) in [5.74, 6) is -0.381. The van der Waals surface area contributed by atoms with E-state index < -0.39 is 0 Å². The molecule has 0 fully saturated rings. The molecule has 1 aromatic carbocycles. The maximum absolute atomic E-state index is 12.9. The molecule has 0 spiro atoms. The van der Waals surface area contributed by atoms with Gasteiger partial charge in [0.2, 0.25) is 0 Å².